The molecule has 18 heavy (non-hydrogen) atoms. The molecule has 1 aromatic heterocycles. The van der Waals surface area contributed by atoms with Crippen LogP contribution in [0.1, 0.15) is 11.3 Å². The molecule has 0 bridgehead atoms. The van der Waals surface area contributed by atoms with Crippen molar-refractivity contribution < 1.29 is 4.42 Å². The van der Waals surface area contributed by atoms with E-state index in [0.717, 1.165) is 35.1 Å². The summed E-state index contributed by atoms with van der Waals surface area (Å²) in [6, 6.07) is 9.82. The third-order valence-electron chi connectivity index (χ3n) is 2.83. The first kappa shape index (κ1) is 13.0. The van der Waals surface area contributed by atoms with E-state index in [0.29, 0.717) is 0 Å². The van der Waals surface area contributed by atoms with Gasteiger partial charge in [-0.15, -0.1) is 0 Å². The molecule has 0 radical (unpaired) electrons. The van der Waals surface area contributed by atoms with Gasteiger partial charge < -0.3 is 14.6 Å². The van der Waals surface area contributed by atoms with Gasteiger partial charge in [0, 0.05) is 29.9 Å². The fourth-order valence-corrected chi connectivity index (χ4v) is 2.21. The van der Waals surface area contributed by atoms with Crippen LogP contribution in [0.15, 0.2) is 41.0 Å². The Labute approximate surface area is 112 Å². The minimum absolute atomic E-state index is 0.726. The molecule has 4 heteroatoms. The largest absolute Gasteiger partial charge is 0.467 e. The third kappa shape index (κ3) is 2.86. The van der Waals surface area contributed by atoms with E-state index in [9.17, 15) is 0 Å². The van der Waals surface area contributed by atoms with Gasteiger partial charge in [0.25, 0.3) is 0 Å². The lowest BCUT2D eigenvalue weighted by Gasteiger charge is -2.22. The number of furan rings is 1. The van der Waals surface area contributed by atoms with E-state index in [2.05, 4.69) is 16.3 Å². The summed E-state index contributed by atoms with van der Waals surface area (Å²) in [6.45, 7) is 1.47. The molecule has 0 fully saturated rings. The number of anilines is 1. The van der Waals surface area contributed by atoms with E-state index in [1.807, 2.05) is 38.4 Å². The minimum Gasteiger partial charge on any atom is -0.467 e. The molecule has 0 aliphatic rings. The highest BCUT2D eigenvalue weighted by atomic mass is 35.5. The quantitative estimate of drug-likeness (QED) is 0.898. The number of nitrogens with zero attached hydrogens (tertiary/aromatic N) is 1. The molecular formula is C14H17ClN2O. The predicted molar refractivity (Wildman–Crippen MR) is 75.0 cm³/mol. The number of hydrogen-bond donors (Lipinski definition) is 1. The van der Waals surface area contributed by atoms with Gasteiger partial charge in [0.15, 0.2) is 0 Å². The monoisotopic (exact) mass is 264 g/mol. The Hall–Kier alpha value is -1.45. The average molecular weight is 265 g/mol. The first-order chi connectivity index (χ1) is 8.72. The van der Waals surface area contributed by atoms with E-state index in [4.69, 9.17) is 16.0 Å². The maximum atomic E-state index is 6.24. The smallest absolute Gasteiger partial charge is 0.123 e. The lowest BCUT2D eigenvalue weighted by Crippen LogP contribution is -2.19. The van der Waals surface area contributed by atoms with Crippen LogP contribution < -0.4 is 10.2 Å². The lowest BCUT2D eigenvalue weighted by molar-refractivity contribution is 0.507. The van der Waals surface area contributed by atoms with Gasteiger partial charge in [-0.2, -0.15) is 0 Å². The Bertz CT molecular complexity index is 497. The maximum absolute atomic E-state index is 6.24. The van der Waals surface area contributed by atoms with E-state index in [1.165, 1.54) is 0 Å². The van der Waals surface area contributed by atoms with Gasteiger partial charge in [-0.25, -0.2) is 0 Å². The fourth-order valence-electron chi connectivity index (χ4n) is 1.98. The van der Waals surface area contributed by atoms with Crippen molar-refractivity contribution in [2.45, 2.75) is 13.1 Å². The molecule has 0 aliphatic carbocycles. The molecule has 0 saturated heterocycles. The molecular weight excluding hydrogens is 248 g/mol. The van der Waals surface area contributed by atoms with Gasteiger partial charge in [0.05, 0.1) is 12.8 Å². The summed E-state index contributed by atoms with van der Waals surface area (Å²) in [5, 5.41) is 3.93. The van der Waals surface area contributed by atoms with Crippen molar-refractivity contribution in [1.82, 2.24) is 5.32 Å². The second kappa shape index (κ2) is 5.94. The van der Waals surface area contributed by atoms with E-state index >= 15 is 0 Å². The van der Waals surface area contributed by atoms with Crippen molar-refractivity contribution in [1.29, 1.82) is 0 Å². The van der Waals surface area contributed by atoms with Gasteiger partial charge in [0.2, 0.25) is 0 Å². The van der Waals surface area contributed by atoms with Crippen LogP contribution in [0.2, 0.25) is 5.02 Å². The topological polar surface area (TPSA) is 28.4 Å². The third-order valence-corrected chi connectivity index (χ3v) is 3.19. The summed E-state index contributed by atoms with van der Waals surface area (Å²) in [5.41, 5.74) is 2.23. The van der Waals surface area contributed by atoms with Gasteiger partial charge in [-0.1, -0.05) is 17.7 Å². The molecule has 0 atom stereocenters. The second-order valence-electron chi connectivity index (χ2n) is 4.20. The zero-order chi connectivity index (χ0) is 13.0. The lowest BCUT2D eigenvalue weighted by atomic mass is 10.1. The normalized spacial score (nSPS) is 10.6. The number of nitrogens with one attached hydrogen (secondary N) is 1. The van der Waals surface area contributed by atoms with Crippen molar-refractivity contribution in [2.24, 2.45) is 0 Å². The summed E-state index contributed by atoms with van der Waals surface area (Å²) >= 11 is 6.24. The molecule has 2 aromatic rings. The molecule has 1 N–H and O–H groups in total. The Balaban J connectivity index is 2.23. The number of hydrogen-bond acceptors (Lipinski definition) is 3. The Morgan fingerprint density at radius 2 is 2.11 bits per heavy atom. The van der Waals surface area contributed by atoms with Crippen molar-refractivity contribution in [3.8, 4) is 0 Å². The molecule has 0 amide bonds. The SMILES string of the molecule is CNCc1c(Cl)cccc1N(C)Cc1ccco1. The van der Waals surface area contributed by atoms with Crippen LogP contribution in [0.4, 0.5) is 5.69 Å². The van der Waals surface area contributed by atoms with Gasteiger partial charge in [-0.05, 0) is 31.3 Å². The maximum Gasteiger partial charge on any atom is 0.123 e. The number of benzene rings is 1. The molecule has 96 valence electrons. The zero-order valence-corrected chi connectivity index (χ0v) is 11.4. The van der Waals surface area contributed by atoms with Crippen molar-refractivity contribution >= 4 is 17.3 Å². The molecule has 2 rings (SSSR count). The molecule has 0 spiro atoms. The highest BCUT2D eigenvalue weighted by Gasteiger charge is 2.11. The van der Waals surface area contributed by atoms with Gasteiger partial charge >= 0.3 is 0 Å². The summed E-state index contributed by atoms with van der Waals surface area (Å²) in [6.07, 6.45) is 1.69. The van der Waals surface area contributed by atoms with E-state index in [1.54, 1.807) is 6.26 Å². The highest BCUT2D eigenvalue weighted by molar-refractivity contribution is 6.31. The van der Waals surface area contributed by atoms with E-state index < -0.39 is 0 Å². The molecule has 0 aliphatic heterocycles. The zero-order valence-electron chi connectivity index (χ0n) is 10.6. The van der Waals surface area contributed by atoms with Crippen molar-refractivity contribution in [2.75, 3.05) is 19.0 Å². The minimum atomic E-state index is 0.726. The molecule has 3 nitrogen and oxygen atoms in total. The van der Waals surface area contributed by atoms with Crippen LogP contribution in [0.3, 0.4) is 0 Å². The second-order valence-corrected chi connectivity index (χ2v) is 4.61. The summed E-state index contributed by atoms with van der Waals surface area (Å²) < 4.78 is 5.37. The number of halogens is 1. The Kier molecular flexibility index (Phi) is 4.28. The first-order valence-corrected chi connectivity index (χ1v) is 6.25. The van der Waals surface area contributed by atoms with Crippen molar-refractivity contribution in [3.05, 3.63) is 52.9 Å². The summed E-state index contributed by atoms with van der Waals surface area (Å²) in [5.74, 6) is 0.938. The molecule has 1 aromatic carbocycles. The Morgan fingerprint density at radius 3 is 2.78 bits per heavy atom. The number of rotatable bonds is 5. The average Bonchev–Trinajstić information content (AvgIpc) is 2.84. The van der Waals surface area contributed by atoms with Crippen LogP contribution in [-0.4, -0.2) is 14.1 Å². The van der Waals surface area contributed by atoms with Crippen LogP contribution in [0, 0.1) is 0 Å². The predicted octanol–water partition coefficient (Wildman–Crippen LogP) is 3.29. The summed E-state index contributed by atoms with van der Waals surface area (Å²) in [7, 11) is 3.95. The van der Waals surface area contributed by atoms with Crippen LogP contribution in [-0.2, 0) is 13.1 Å². The van der Waals surface area contributed by atoms with Gasteiger partial charge in [-0.3, -0.25) is 0 Å². The van der Waals surface area contributed by atoms with E-state index in [-0.39, 0.29) is 0 Å². The van der Waals surface area contributed by atoms with Crippen LogP contribution >= 0.6 is 11.6 Å². The highest BCUT2D eigenvalue weighted by Crippen LogP contribution is 2.27. The van der Waals surface area contributed by atoms with Gasteiger partial charge in [0.1, 0.15) is 5.76 Å². The first-order valence-electron chi connectivity index (χ1n) is 5.88. The van der Waals surface area contributed by atoms with Crippen molar-refractivity contribution in [3.63, 3.8) is 0 Å². The van der Waals surface area contributed by atoms with Crippen LogP contribution in [0.5, 0.6) is 0 Å². The molecule has 0 unspecified atom stereocenters. The standard InChI is InChI=1S/C14H17ClN2O/c1-16-9-12-13(15)6-3-7-14(12)17(2)10-11-5-4-8-18-11/h3-8,16H,9-10H2,1-2H3. The molecule has 1 heterocycles. The Morgan fingerprint density at radius 1 is 1.28 bits per heavy atom. The molecule has 0 saturated carbocycles. The fraction of sp³-hybridized carbons (Fsp3) is 0.286. The summed E-state index contributed by atoms with van der Waals surface area (Å²) in [4.78, 5) is 2.14. The van der Waals surface area contributed by atoms with Crippen LogP contribution in [0.25, 0.3) is 0 Å².